The molecule has 1 aromatic rings. The van der Waals surface area contributed by atoms with Gasteiger partial charge in [0.25, 0.3) is 0 Å². The van der Waals surface area contributed by atoms with Gasteiger partial charge in [0.2, 0.25) is 0 Å². The molecule has 1 unspecified atom stereocenters. The van der Waals surface area contributed by atoms with Gasteiger partial charge in [-0.25, -0.2) is 0 Å². The molecular formula is C13H16O3. The van der Waals surface area contributed by atoms with Gasteiger partial charge in [0.15, 0.2) is 5.78 Å². The molecule has 16 heavy (non-hydrogen) atoms. The Hall–Kier alpha value is -1.64. The molecule has 0 aliphatic rings. The SMILES string of the molecule is COc1ccccc1C(=O)C(C)CC(C)=O. The summed E-state index contributed by atoms with van der Waals surface area (Å²) >= 11 is 0. The van der Waals surface area contributed by atoms with Crippen LogP contribution in [0.2, 0.25) is 0 Å². The quantitative estimate of drug-likeness (QED) is 0.716. The predicted octanol–water partition coefficient (Wildman–Crippen LogP) is 2.49. The number of para-hydroxylation sites is 1. The van der Waals surface area contributed by atoms with Gasteiger partial charge in [-0.3, -0.25) is 4.79 Å². The van der Waals surface area contributed by atoms with Gasteiger partial charge in [-0.1, -0.05) is 19.1 Å². The van der Waals surface area contributed by atoms with E-state index in [-0.39, 0.29) is 23.9 Å². The van der Waals surface area contributed by atoms with Crippen molar-refractivity contribution in [1.82, 2.24) is 0 Å². The lowest BCUT2D eigenvalue weighted by atomic mass is 9.94. The first kappa shape index (κ1) is 12.4. The molecule has 1 rings (SSSR count). The monoisotopic (exact) mass is 220 g/mol. The summed E-state index contributed by atoms with van der Waals surface area (Å²) in [6.45, 7) is 3.25. The fourth-order valence-corrected chi connectivity index (χ4v) is 1.64. The Labute approximate surface area is 95.4 Å². The number of hydrogen-bond donors (Lipinski definition) is 0. The van der Waals surface area contributed by atoms with Crippen molar-refractivity contribution in [2.24, 2.45) is 5.92 Å². The van der Waals surface area contributed by atoms with E-state index in [1.54, 1.807) is 25.1 Å². The second-order valence-corrected chi connectivity index (χ2v) is 3.87. The highest BCUT2D eigenvalue weighted by atomic mass is 16.5. The first-order valence-corrected chi connectivity index (χ1v) is 5.23. The highest BCUT2D eigenvalue weighted by Gasteiger charge is 2.19. The molecule has 0 heterocycles. The molecule has 1 atom stereocenters. The Balaban J connectivity index is 2.91. The molecule has 0 fully saturated rings. The van der Waals surface area contributed by atoms with Crippen LogP contribution < -0.4 is 4.74 Å². The molecule has 0 saturated heterocycles. The Morgan fingerprint density at radius 1 is 1.31 bits per heavy atom. The van der Waals surface area contributed by atoms with E-state index in [2.05, 4.69) is 0 Å². The van der Waals surface area contributed by atoms with Crippen LogP contribution in [0.3, 0.4) is 0 Å². The minimum absolute atomic E-state index is 0.0238. The molecule has 86 valence electrons. The molecule has 0 bridgehead atoms. The number of carbonyl (C=O) groups is 2. The van der Waals surface area contributed by atoms with E-state index in [4.69, 9.17) is 4.74 Å². The van der Waals surface area contributed by atoms with Crippen LogP contribution in [0.5, 0.6) is 5.75 Å². The van der Waals surface area contributed by atoms with Crippen molar-refractivity contribution in [2.45, 2.75) is 20.3 Å². The van der Waals surface area contributed by atoms with Gasteiger partial charge in [-0.15, -0.1) is 0 Å². The van der Waals surface area contributed by atoms with Crippen molar-refractivity contribution in [2.75, 3.05) is 7.11 Å². The van der Waals surface area contributed by atoms with Crippen LogP contribution in [0.4, 0.5) is 0 Å². The van der Waals surface area contributed by atoms with Crippen LogP contribution in [0, 0.1) is 5.92 Å². The van der Waals surface area contributed by atoms with E-state index in [1.165, 1.54) is 14.0 Å². The smallest absolute Gasteiger partial charge is 0.169 e. The van der Waals surface area contributed by atoms with Gasteiger partial charge in [0.1, 0.15) is 11.5 Å². The van der Waals surface area contributed by atoms with Crippen molar-refractivity contribution in [3.8, 4) is 5.75 Å². The molecule has 3 nitrogen and oxygen atoms in total. The Morgan fingerprint density at radius 3 is 2.50 bits per heavy atom. The highest BCUT2D eigenvalue weighted by molar-refractivity contribution is 6.01. The van der Waals surface area contributed by atoms with Gasteiger partial charge < -0.3 is 9.53 Å². The van der Waals surface area contributed by atoms with E-state index in [0.717, 1.165) is 0 Å². The van der Waals surface area contributed by atoms with Crippen LogP contribution >= 0.6 is 0 Å². The first-order valence-electron chi connectivity index (χ1n) is 5.23. The Kier molecular flexibility index (Phi) is 4.23. The number of rotatable bonds is 5. The topological polar surface area (TPSA) is 43.4 Å². The molecular weight excluding hydrogens is 204 g/mol. The summed E-state index contributed by atoms with van der Waals surface area (Å²) in [4.78, 5) is 23.0. The summed E-state index contributed by atoms with van der Waals surface area (Å²) in [5.74, 6) is 0.236. The van der Waals surface area contributed by atoms with Gasteiger partial charge >= 0.3 is 0 Å². The average molecular weight is 220 g/mol. The summed E-state index contributed by atoms with van der Waals surface area (Å²) < 4.78 is 5.12. The number of ether oxygens (including phenoxy) is 1. The van der Waals surface area contributed by atoms with Crippen LogP contribution in [0.25, 0.3) is 0 Å². The molecule has 0 amide bonds. The summed E-state index contributed by atoms with van der Waals surface area (Å²) in [5, 5.41) is 0. The molecule has 0 spiro atoms. The standard InChI is InChI=1S/C13H16O3/c1-9(8-10(2)14)13(15)11-6-4-5-7-12(11)16-3/h4-7,9H,8H2,1-3H3. The normalized spacial score (nSPS) is 11.9. The minimum Gasteiger partial charge on any atom is -0.496 e. The zero-order chi connectivity index (χ0) is 12.1. The first-order chi connectivity index (χ1) is 7.56. The zero-order valence-corrected chi connectivity index (χ0v) is 9.82. The van der Waals surface area contributed by atoms with Crippen molar-refractivity contribution in [1.29, 1.82) is 0 Å². The summed E-state index contributed by atoms with van der Waals surface area (Å²) in [6, 6.07) is 7.06. The maximum Gasteiger partial charge on any atom is 0.169 e. The van der Waals surface area contributed by atoms with Crippen molar-refractivity contribution >= 4 is 11.6 Å². The Bertz CT molecular complexity index is 396. The summed E-state index contributed by atoms with van der Waals surface area (Å²) in [7, 11) is 1.53. The van der Waals surface area contributed by atoms with E-state index in [0.29, 0.717) is 11.3 Å². The number of ketones is 2. The van der Waals surface area contributed by atoms with Gasteiger partial charge in [-0.05, 0) is 19.1 Å². The molecule has 1 aromatic carbocycles. The lowest BCUT2D eigenvalue weighted by molar-refractivity contribution is -0.117. The molecule has 0 radical (unpaired) electrons. The van der Waals surface area contributed by atoms with Crippen molar-refractivity contribution in [3.05, 3.63) is 29.8 Å². The van der Waals surface area contributed by atoms with Crippen LogP contribution in [-0.4, -0.2) is 18.7 Å². The van der Waals surface area contributed by atoms with Crippen molar-refractivity contribution < 1.29 is 14.3 Å². The van der Waals surface area contributed by atoms with E-state index in [9.17, 15) is 9.59 Å². The molecule has 0 saturated carbocycles. The lowest BCUT2D eigenvalue weighted by Crippen LogP contribution is -2.15. The molecule has 0 aliphatic carbocycles. The third kappa shape index (κ3) is 2.92. The van der Waals surface area contributed by atoms with Crippen molar-refractivity contribution in [3.63, 3.8) is 0 Å². The summed E-state index contributed by atoms with van der Waals surface area (Å²) in [6.07, 6.45) is 0.275. The number of carbonyl (C=O) groups excluding carboxylic acids is 2. The third-order valence-corrected chi connectivity index (χ3v) is 2.41. The number of benzene rings is 1. The fourth-order valence-electron chi connectivity index (χ4n) is 1.64. The number of Topliss-reactive ketones (excluding diaryl/α,β-unsaturated/α-hetero) is 2. The van der Waals surface area contributed by atoms with Crippen LogP contribution in [0.15, 0.2) is 24.3 Å². The zero-order valence-electron chi connectivity index (χ0n) is 9.82. The highest BCUT2D eigenvalue weighted by Crippen LogP contribution is 2.22. The van der Waals surface area contributed by atoms with Gasteiger partial charge in [0.05, 0.1) is 12.7 Å². The number of methoxy groups -OCH3 is 1. The molecule has 3 heteroatoms. The maximum atomic E-state index is 12.0. The molecule has 0 aromatic heterocycles. The maximum absolute atomic E-state index is 12.0. The van der Waals surface area contributed by atoms with Gasteiger partial charge in [0, 0.05) is 12.3 Å². The fraction of sp³-hybridized carbons (Fsp3) is 0.385. The van der Waals surface area contributed by atoms with Crippen LogP contribution in [0.1, 0.15) is 30.6 Å². The molecule has 0 aliphatic heterocycles. The largest absolute Gasteiger partial charge is 0.496 e. The minimum atomic E-state index is -0.297. The van der Waals surface area contributed by atoms with Crippen LogP contribution in [-0.2, 0) is 4.79 Å². The average Bonchev–Trinajstić information content (AvgIpc) is 2.27. The lowest BCUT2D eigenvalue weighted by Gasteiger charge is -2.11. The predicted molar refractivity (Wildman–Crippen MR) is 61.8 cm³/mol. The van der Waals surface area contributed by atoms with E-state index >= 15 is 0 Å². The second-order valence-electron chi connectivity index (χ2n) is 3.87. The van der Waals surface area contributed by atoms with Gasteiger partial charge in [-0.2, -0.15) is 0 Å². The van der Waals surface area contributed by atoms with E-state index in [1.807, 2.05) is 6.07 Å². The van der Waals surface area contributed by atoms with E-state index < -0.39 is 0 Å². The third-order valence-electron chi connectivity index (χ3n) is 2.41. The summed E-state index contributed by atoms with van der Waals surface area (Å²) in [5.41, 5.74) is 0.541. The number of hydrogen-bond acceptors (Lipinski definition) is 3. The second kappa shape index (κ2) is 5.45. The molecule has 0 N–H and O–H groups in total. The Morgan fingerprint density at radius 2 is 1.94 bits per heavy atom.